The molecule has 4 nitrogen and oxygen atoms in total. The summed E-state index contributed by atoms with van der Waals surface area (Å²) >= 11 is 1.77. The number of thiazole rings is 1. The zero-order valence-electron chi connectivity index (χ0n) is 11.7. The van der Waals surface area contributed by atoms with E-state index in [1.807, 2.05) is 24.0 Å². The number of nitrogens with zero attached hydrogens (tertiary/aromatic N) is 3. The normalized spacial score (nSPS) is 15.4. The maximum atomic E-state index is 4.79. The summed E-state index contributed by atoms with van der Waals surface area (Å²) in [4.78, 5) is 6.16. The predicted octanol–water partition coefficient (Wildman–Crippen LogP) is 2.92. The lowest BCUT2D eigenvalue weighted by atomic mass is 10.1. The minimum absolute atomic E-state index is 0.463. The minimum atomic E-state index is 0.463. The van der Waals surface area contributed by atoms with E-state index in [-0.39, 0.29) is 0 Å². The third-order valence-corrected chi connectivity index (χ3v) is 4.43. The fraction of sp³-hybridized carbons (Fsp3) is 0.571. The van der Waals surface area contributed by atoms with Crippen molar-refractivity contribution in [2.45, 2.75) is 45.2 Å². The molecule has 0 radical (unpaired) electrons. The van der Waals surface area contributed by atoms with Gasteiger partial charge in [0.05, 0.1) is 5.69 Å². The number of hydrogen-bond donors (Lipinski definition) is 1. The Balaban J connectivity index is 1.86. The van der Waals surface area contributed by atoms with Crippen molar-refractivity contribution in [2.75, 3.05) is 0 Å². The van der Waals surface area contributed by atoms with Gasteiger partial charge in [-0.3, -0.25) is 4.68 Å². The topological polar surface area (TPSA) is 42.7 Å². The molecule has 2 aromatic heterocycles. The fourth-order valence-corrected chi connectivity index (χ4v) is 3.24. The van der Waals surface area contributed by atoms with Gasteiger partial charge in [-0.25, -0.2) is 4.98 Å². The van der Waals surface area contributed by atoms with Gasteiger partial charge in [-0.15, -0.1) is 11.3 Å². The van der Waals surface area contributed by atoms with Crippen molar-refractivity contribution in [3.8, 4) is 10.7 Å². The summed E-state index contributed by atoms with van der Waals surface area (Å²) in [7, 11) is 1.94. The van der Waals surface area contributed by atoms with Crippen LogP contribution in [0.2, 0.25) is 0 Å². The predicted molar refractivity (Wildman–Crippen MR) is 78.3 cm³/mol. The number of aromatic nitrogens is 3. The molecule has 1 fully saturated rings. The van der Waals surface area contributed by atoms with E-state index in [9.17, 15) is 0 Å². The second-order valence-corrected chi connectivity index (χ2v) is 6.60. The van der Waals surface area contributed by atoms with Gasteiger partial charge >= 0.3 is 0 Å². The Morgan fingerprint density at radius 3 is 2.84 bits per heavy atom. The van der Waals surface area contributed by atoms with Crippen LogP contribution in [-0.2, 0) is 13.6 Å². The van der Waals surface area contributed by atoms with E-state index in [1.165, 1.54) is 23.4 Å². The smallest absolute Gasteiger partial charge is 0.144 e. The van der Waals surface area contributed by atoms with Gasteiger partial charge in [-0.05, 0) is 24.8 Å². The van der Waals surface area contributed by atoms with Crippen molar-refractivity contribution < 1.29 is 0 Å². The van der Waals surface area contributed by atoms with E-state index in [1.54, 1.807) is 11.3 Å². The van der Waals surface area contributed by atoms with Crippen molar-refractivity contribution >= 4 is 11.3 Å². The number of nitrogens with one attached hydrogen (secondary N) is 1. The molecule has 3 rings (SSSR count). The molecule has 5 heteroatoms. The molecule has 19 heavy (non-hydrogen) atoms. The molecule has 0 amide bonds. The van der Waals surface area contributed by atoms with E-state index < -0.39 is 0 Å². The number of aryl methyl sites for hydroxylation is 1. The molecule has 0 aliphatic heterocycles. The van der Waals surface area contributed by atoms with Crippen molar-refractivity contribution in [3.63, 3.8) is 0 Å². The van der Waals surface area contributed by atoms with Crippen LogP contribution in [0.5, 0.6) is 0 Å². The van der Waals surface area contributed by atoms with Gasteiger partial charge in [0.2, 0.25) is 0 Å². The van der Waals surface area contributed by atoms with E-state index in [0.717, 1.165) is 23.3 Å². The molecule has 0 bridgehead atoms. The summed E-state index contributed by atoms with van der Waals surface area (Å²) in [6, 6.07) is 2.77. The summed E-state index contributed by atoms with van der Waals surface area (Å²) in [6.07, 6.45) is 4.61. The van der Waals surface area contributed by atoms with E-state index in [2.05, 4.69) is 24.3 Å². The molecule has 1 aliphatic carbocycles. The lowest BCUT2D eigenvalue weighted by Gasteiger charge is -2.05. The average Bonchev–Trinajstić information content (AvgIpc) is 2.93. The highest BCUT2D eigenvalue weighted by atomic mass is 32.1. The van der Waals surface area contributed by atoms with Crippen LogP contribution < -0.4 is 5.32 Å². The first-order chi connectivity index (χ1) is 9.13. The fourth-order valence-electron chi connectivity index (χ4n) is 2.10. The largest absolute Gasteiger partial charge is 0.309 e. The lowest BCUT2D eigenvalue weighted by molar-refractivity contribution is 0.681. The maximum Gasteiger partial charge on any atom is 0.144 e. The molecule has 1 N–H and O–H groups in total. The van der Waals surface area contributed by atoms with Gasteiger partial charge in [-0.2, -0.15) is 5.10 Å². The molecule has 0 atom stereocenters. The first kappa shape index (κ1) is 12.8. The van der Waals surface area contributed by atoms with Gasteiger partial charge in [0.1, 0.15) is 10.7 Å². The third-order valence-electron chi connectivity index (χ3n) is 3.34. The van der Waals surface area contributed by atoms with Gasteiger partial charge < -0.3 is 5.32 Å². The summed E-state index contributed by atoms with van der Waals surface area (Å²) < 4.78 is 1.83. The summed E-state index contributed by atoms with van der Waals surface area (Å²) in [5.41, 5.74) is 2.20. The van der Waals surface area contributed by atoms with Crippen LogP contribution in [-0.4, -0.2) is 20.8 Å². The highest BCUT2D eigenvalue weighted by Crippen LogP contribution is 2.31. The van der Waals surface area contributed by atoms with Crippen LogP contribution in [0.1, 0.15) is 43.2 Å². The third kappa shape index (κ3) is 2.87. The Morgan fingerprint density at radius 1 is 1.47 bits per heavy atom. The Hall–Kier alpha value is -1.20. The Kier molecular flexibility index (Phi) is 3.41. The van der Waals surface area contributed by atoms with Crippen LogP contribution in [0.3, 0.4) is 0 Å². The van der Waals surface area contributed by atoms with E-state index in [0.29, 0.717) is 5.92 Å². The molecule has 0 saturated heterocycles. The molecule has 1 saturated carbocycles. The molecule has 1 aliphatic rings. The molecular weight excluding hydrogens is 256 g/mol. The summed E-state index contributed by atoms with van der Waals surface area (Å²) in [5.74, 6) is 0.463. The van der Waals surface area contributed by atoms with Crippen molar-refractivity contribution in [2.24, 2.45) is 7.05 Å². The van der Waals surface area contributed by atoms with Crippen LogP contribution in [0.4, 0.5) is 0 Å². The van der Waals surface area contributed by atoms with Gasteiger partial charge in [0.15, 0.2) is 0 Å². The summed E-state index contributed by atoms with van der Waals surface area (Å²) in [5, 5.41) is 9.07. The molecule has 102 valence electrons. The standard InChI is InChI=1S/C14H20N4S/c1-9(2)13-12(8-15-10-4-5-10)19-14(16-13)11-6-7-18(3)17-11/h6-7,9-10,15H,4-5,8H2,1-3H3. The molecular formula is C14H20N4S. The zero-order chi connectivity index (χ0) is 13.4. The van der Waals surface area contributed by atoms with Crippen LogP contribution in [0.25, 0.3) is 10.7 Å². The van der Waals surface area contributed by atoms with Crippen molar-refractivity contribution in [3.05, 3.63) is 22.8 Å². The SMILES string of the molecule is CC(C)c1nc(-c2ccn(C)n2)sc1CNC1CC1. The Morgan fingerprint density at radius 2 is 2.26 bits per heavy atom. The second-order valence-electron chi connectivity index (χ2n) is 5.51. The maximum absolute atomic E-state index is 4.79. The lowest BCUT2D eigenvalue weighted by Crippen LogP contribution is -2.15. The van der Waals surface area contributed by atoms with Gasteiger partial charge in [0, 0.05) is 30.7 Å². The number of rotatable bonds is 5. The van der Waals surface area contributed by atoms with Crippen molar-refractivity contribution in [1.29, 1.82) is 0 Å². The van der Waals surface area contributed by atoms with Crippen LogP contribution in [0, 0.1) is 0 Å². The quantitative estimate of drug-likeness (QED) is 0.913. The highest BCUT2D eigenvalue weighted by molar-refractivity contribution is 7.15. The minimum Gasteiger partial charge on any atom is -0.309 e. The monoisotopic (exact) mass is 276 g/mol. The van der Waals surface area contributed by atoms with Gasteiger partial charge in [-0.1, -0.05) is 13.8 Å². The van der Waals surface area contributed by atoms with Crippen LogP contribution in [0.15, 0.2) is 12.3 Å². The summed E-state index contributed by atoms with van der Waals surface area (Å²) in [6.45, 7) is 5.36. The highest BCUT2D eigenvalue weighted by Gasteiger charge is 2.22. The number of hydrogen-bond acceptors (Lipinski definition) is 4. The van der Waals surface area contributed by atoms with Crippen molar-refractivity contribution in [1.82, 2.24) is 20.1 Å². The molecule has 2 heterocycles. The molecule has 0 spiro atoms. The molecule has 0 aromatic carbocycles. The average molecular weight is 276 g/mol. The zero-order valence-corrected chi connectivity index (χ0v) is 12.5. The van der Waals surface area contributed by atoms with Crippen LogP contribution >= 0.6 is 11.3 Å². The van der Waals surface area contributed by atoms with Gasteiger partial charge in [0.25, 0.3) is 0 Å². The van der Waals surface area contributed by atoms with E-state index in [4.69, 9.17) is 4.98 Å². The Labute approximate surface area is 117 Å². The molecule has 0 unspecified atom stereocenters. The first-order valence-electron chi connectivity index (χ1n) is 6.86. The second kappa shape index (κ2) is 5.06. The Bertz CT molecular complexity index is 566. The van der Waals surface area contributed by atoms with E-state index >= 15 is 0 Å². The molecule has 2 aromatic rings. The first-order valence-corrected chi connectivity index (χ1v) is 7.68.